The molecule has 0 radical (unpaired) electrons. The Morgan fingerprint density at radius 3 is 2.29 bits per heavy atom. The van der Waals surface area contributed by atoms with E-state index < -0.39 is 10.0 Å². The molecule has 0 aromatic heterocycles. The SMILES string of the molecule is C=CCN(CC=C)S(=O)(=O)c1cccc(O)c1. The lowest BCUT2D eigenvalue weighted by molar-refractivity contribution is 0.464. The Labute approximate surface area is 102 Å². The molecule has 0 aliphatic rings. The minimum Gasteiger partial charge on any atom is -0.508 e. The van der Waals surface area contributed by atoms with Crippen LogP contribution in [0.25, 0.3) is 0 Å². The van der Waals surface area contributed by atoms with Gasteiger partial charge in [-0.25, -0.2) is 8.42 Å². The number of nitrogens with zero attached hydrogens (tertiary/aromatic N) is 1. The van der Waals surface area contributed by atoms with Crippen molar-refractivity contribution in [3.63, 3.8) is 0 Å². The first-order valence-corrected chi connectivity index (χ1v) is 6.47. The molecule has 92 valence electrons. The Kier molecular flexibility index (Phi) is 4.48. The molecule has 0 bridgehead atoms. The first-order valence-electron chi connectivity index (χ1n) is 5.03. The van der Waals surface area contributed by atoms with Gasteiger partial charge < -0.3 is 5.11 Å². The average molecular weight is 253 g/mol. The summed E-state index contributed by atoms with van der Waals surface area (Å²) in [5, 5.41) is 9.29. The van der Waals surface area contributed by atoms with Gasteiger partial charge in [-0.1, -0.05) is 18.2 Å². The summed E-state index contributed by atoms with van der Waals surface area (Å²) in [7, 11) is -3.62. The van der Waals surface area contributed by atoms with Crippen molar-refractivity contribution in [2.45, 2.75) is 4.90 Å². The second-order valence-corrected chi connectivity index (χ2v) is 5.33. The molecular formula is C12H15NO3S. The van der Waals surface area contributed by atoms with Crippen molar-refractivity contribution in [3.05, 3.63) is 49.6 Å². The van der Waals surface area contributed by atoms with Crippen molar-refractivity contribution in [3.8, 4) is 5.75 Å². The Morgan fingerprint density at radius 1 is 1.24 bits per heavy atom. The highest BCUT2D eigenvalue weighted by Gasteiger charge is 2.22. The Hall–Kier alpha value is -1.59. The average Bonchev–Trinajstić information content (AvgIpc) is 2.29. The molecule has 0 aliphatic carbocycles. The molecule has 0 saturated heterocycles. The molecule has 0 atom stereocenters. The fraction of sp³-hybridized carbons (Fsp3) is 0.167. The highest BCUT2D eigenvalue weighted by molar-refractivity contribution is 7.89. The van der Waals surface area contributed by atoms with Crippen molar-refractivity contribution in [1.29, 1.82) is 0 Å². The number of phenols is 1. The predicted octanol–water partition coefficient (Wildman–Crippen LogP) is 1.75. The van der Waals surface area contributed by atoms with Crippen molar-refractivity contribution in [2.24, 2.45) is 0 Å². The number of rotatable bonds is 6. The molecule has 17 heavy (non-hydrogen) atoms. The molecule has 0 fully saturated rings. The second-order valence-electron chi connectivity index (χ2n) is 3.40. The smallest absolute Gasteiger partial charge is 0.243 e. The van der Waals surface area contributed by atoms with E-state index in [0.717, 1.165) is 0 Å². The van der Waals surface area contributed by atoms with Crippen LogP contribution in [0, 0.1) is 0 Å². The first-order chi connectivity index (χ1) is 8.02. The van der Waals surface area contributed by atoms with E-state index in [1.807, 2.05) is 0 Å². The van der Waals surface area contributed by atoms with E-state index in [1.54, 1.807) is 0 Å². The lowest BCUT2D eigenvalue weighted by Gasteiger charge is -2.18. The Balaban J connectivity index is 3.15. The molecule has 1 aromatic carbocycles. The van der Waals surface area contributed by atoms with Gasteiger partial charge in [0.25, 0.3) is 0 Å². The van der Waals surface area contributed by atoms with E-state index in [4.69, 9.17) is 0 Å². The normalized spacial score (nSPS) is 11.4. The van der Waals surface area contributed by atoms with Crippen LogP contribution in [0.4, 0.5) is 0 Å². The third kappa shape index (κ3) is 3.18. The standard InChI is InChI=1S/C12H15NO3S/c1-3-8-13(9-4-2)17(15,16)12-7-5-6-11(14)10-12/h3-7,10,14H,1-2,8-9H2. The highest BCUT2D eigenvalue weighted by atomic mass is 32.2. The molecule has 0 aliphatic heterocycles. The molecule has 5 heteroatoms. The van der Waals surface area contributed by atoms with E-state index in [1.165, 1.54) is 40.7 Å². The number of phenolic OH excluding ortho intramolecular Hbond substituents is 1. The summed E-state index contributed by atoms with van der Waals surface area (Å²) in [4.78, 5) is 0.0567. The number of sulfonamides is 1. The van der Waals surface area contributed by atoms with E-state index in [9.17, 15) is 13.5 Å². The maximum atomic E-state index is 12.2. The number of hydrogen-bond donors (Lipinski definition) is 1. The fourth-order valence-corrected chi connectivity index (χ4v) is 2.77. The molecule has 0 saturated carbocycles. The molecule has 0 amide bonds. The third-order valence-electron chi connectivity index (χ3n) is 2.12. The summed E-state index contributed by atoms with van der Waals surface area (Å²) >= 11 is 0. The van der Waals surface area contributed by atoms with Crippen molar-refractivity contribution >= 4 is 10.0 Å². The summed E-state index contributed by atoms with van der Waals surface area (Å²) in [5.41, 5.74) is 0. The maximum Gasteiger partial charge on any atom is 0.243 e. The first kappa shape index (κ1) is 13.5. The summed E-state index contributed by atoms with van der Waals surface area (Å²) < 4.78 is 25.6. The lowest BCUT2D eigenvalue weighted by Crippen LogP contribution is -2.31. The Bertz CT molecular complexity index is 498. The molecule has 0 heterocycles. The van der Waals surface area contributed by atoms with Gasteiger partial charge in [0.15, 0.2) is 0 Å². The molecule has 0 spiro atoms. The molecule has 1 N–H and O–H groups in total. The molecule has 0 unspecified atom stereocenters. The van der Waals surface area contributed by atoms with Gasteiger partial charge in [0, 0.05) is 13.1 Å². The number of hydrogen-bond acceptors (Lipinski definition) is 3. The lowest BCUT2D eigenvalue weighted by atomic mass is 10.3. The number of benzene rings is 1. The van der Waals surface area contributed by atoms with Crippen LogP contribution in [-0.2, 0) is 10.0 Å². The minimum atomic E-state index is -3.62. The summed E-state index contributed by atoms with van der Waals surface area (Å²) in [5.74, 6) is -0.0803. The largest absolute Gasteiger partial charge is 0.508 e. The third-order valence-corrected chi connectivity index (χ3v) is 3.95. The molecular weight excluding hydrogens is 238 g/mol. The number of aromatic hydroxyl groups is 1. The van der Waals surface area contributed by atoms with Crippen LogP contribution in [-0.4, -0.2) is 30.9 Å². The van der Waals surface area contributed by atoms with E-state index in [2.05, 4.69) is 13.2 Å². The van der Waals surface area contributed by atoms with Crippen LogP contribution >= 0.6 is 0 Å². The zero-order valence-corrected chi connectivity index (χ0v) is 10.2. The van der Waals surface area contributed by atoms with Crippen molar-refractivity contribution in [2.75, 3.05) is 13.1 Å². The van der Waals surface area contributed by atoms with Crippen LogP contribution in [0.15, 0.2) is 54.5 Å². The van der Waals surface area contributed by atoms with Crippen LogP contribution in [0.2, 0.25) is 0 Å². The highest BCUT2D eigenvalue weighted by Crippen LogP contribution is 2.19. The van der Waals surface area contributed by atoms with E-state index >= 15 is 0 Å². The van der Waals surface area contributed by atoms with Gasteiger partial charge in [0.05, 0.1) is 4.90 Å². The zero-order valence-electron chi connectivity index (χ0n) is 9.41. The van der Waals surface area contributed by atoms with Crippen LogP contribution < -0.4 is 0 Å². The maximum absolute atomic E-state index is 12.2. The molecule has 1 aromatic rings. The van der Waals surface area contributed by atoms with Gasteiger partial charge >= 0.3 is 0 Å². The van der Waals surface area contributed by atoms with Gasteiger partial charge in [-0.2, -0.15) is 4.31 Å². The summed E-state index contributed by atoms with van der Waals surface area (Å²) in [6.45, 7) is 7.43. The van der Waals surface area contributed by atoms with Gasteiger partial charge in [-0.05, 0) is 18.2 Å². The van der Waals surface area contributed by atoms with E-state index in [0.29, 0.717) is 0 Å². The van der Waals surface area contributed by atoms with Gasteiger partial charge in [0.2, 0.25) is 10.0 Å². The van der Waals surface area contributed by atoms with Crippen LogP contribution in [0.3, 0.4) is 0 Å². The summed E-state index contributed by atoms with van der Waals surface area (Å²) in [6, 6.07) is 5.56. The van der Waals surface area contributed by atoms with Gasteiger partial charge in [-0.3, -0.25) is 0 Å². The van der Waals surface area contributed by atoms with Crippen LogP contribution in [0.1, 0.15) is 0 Å². The van der Waals surface area contributed by atoms with Gasteiger partial charge in [0.1, 0.15) is 5.75 Å². The minimum absolute atomic E-state index is 0.0567. The van der Waals surface area contributed by atoms with E-state index in [-0.39, 0.29) is 23.7 Å². The second kappa shape index (κ2) is 5.65. The molecule has 1 rings (SSSR count). The summed E-state index contributed by atoms with van der Waals surface area (Å²) in [6.07, 6.45) is 3.01. The topological polar surface area (TPSA) is 57.6 Å². The fourth-order valence-electron chi connectivity index (χ4n) is 1.35. The molecule has 4 nitrogen and oxygen atoms in total. The van der Waals surface area contributed by atoms with Crippen molar-refractivity contribution < 1.29 is 13.5 Å². The monoisotopic (exact) mass is 253 g/mol. The quantitative estimate of drug-likeness (QED) is 0.786. The zero-order chi connectivity index (χ0) is 12.9. The predicted molar refractivity (Wildman–Crippen MR) is 67.3 cm³/mol. The van der Waals surface area contributed by atoms with Crippen molar-refractivity contribution in [1.82, 2.24) is 4.31 Å². The Morgan fingerprint density at radius 2 is 1.82 bits per heavy atom. The van der Waals surface area contributed by atoms with Crippen LogP contribution in [0.5, 0.6) is 5.75 Å². The van der Waals surface area contributed by atoms with Gasteiger partial charge in [-0.15, -0.1) is 13.2 Å².